The van der Waals surface area contributed by atoms with Crippen LogP contribution in [0, 0.1) is 0 Å². The van der Waals surface area contributed by atoms with Crippen LogP contribution in [0.5, 0.6) is 5.75 Å². The van der Waals surface area contributed by atoms with Gasteiger partial charge in [-0.05, 0) is 32.4 Å². The minimum absolute atomic E-state index is 0.141. The number of methoxy groups -OCH3 is 1. The summed E-state index contributed by atoms with van der Waals surface area (Å²) >= 11 is 0. The van der Waals surface area contributed by atoms with Crippen LogP contribution in [-0.2, 0) is 14.3 Å². The van der Waals surface area contributed by atoms with Gasteiger partial charge < -0.3 is 14.8 Å². The molecule has 120 valence electrons. The van der Waals surface area contributed by atoms with Gasteiger partial charge in [0.15, 0.2) is 0 Å². The quantitative estimate of drug-likeness (QED) is 0.845. The van der Waals surface area contributed by atoms with Crippen molar-refractivity contribution in [2.75, 3.05) is 23.9 Å². The number of anilines is 2. The fourth-order valence-corrected chi connectivity index (χ4v) is 2.60. The smallest absolute Gasteiger partial charge is 0.329 e. The highest BCUT2D eigenvalue weighted by molar-refractivity contribution is 6.08. The van der Waals surface area contributed by atoms with Gasteiger partial charge in [0.1, 0.15) is 17.8 Å². The molecule has 1 heterocycles. The Bertz CT molecular complexity index is 573. The monoisotopic (exact) mass is 306 g/mol. The van der Waals surface area contributed by atoms with Crippen molar-refractivity contribution in [3.8, 4) is 5.75 Å². The van der Waals surface area contributed by atoms with E-state index in [1.165, 1.54) is 4.90 Å². The number of rotatable bonds is 5. The molecule has 0 radical (unpaired) electrons. The maximum absolute atomic E-state index is 12.6. The molecule has 0 saturated heterocycles. The van der Waals surface area contributed by atoms with Crippen LogP contribution in [0.2, 0.25) is 0 Å². The van der Waals surface area contributed by atoms with Crippen LogP contribution >= 0.6 is 0 Å². The molecule has 0 aliphatic carbocycles. The van der Waals surface area contributed by atoms with E-state index >= 15 is 0 Å². The summed E-state index contributed by atoms with van der Waals surface area (Å²) in [6, 6.07) is 4.34. The van der Waals surface area contributed by atoms with Crippen molar-refractivity contribution in [2.24, 2.45) is 0 Å². The molecule has 1 aliphatic rings. The number of nitrogens with one attached hydrogen (secondary N) is 1. The normalized spacial score (nSPS) is 18.3. The summed E-state index contributed by atoms with van der Waals surface area (Å²) in [5, 5.41) is 3.14. The van der Waals surface area contributed by atoms with Crippen molar-refractivity contribution in [1.29, 1.82) is 0 Å². The molecule has 0 bridgehead atoms. The Hall–Kier alpha value is -2.24. The van der Waals surface area contributed by atoms with Gasteiger partial charge in [-0.2, -0.15) is 0 Å². The predicted octanol–water partition coefficient (Wildman–Crippen LogP) is 2.18. The van der Waals surface area contributed by atoms with Crippen LogP contribution in [-0.4, -0.2) is 37.7 Å². The Kier molecular flexibility index (Phi) is 4.90. The Morgan fingerprint density at radius 1 is 1.41 bits per heavy atom. The molecule has 1 aromatic carbocycles. The van der Waals surface area contributed by atoms with E-state index in [4.69, 9.17) is 9.47 Å². The predicted molar refractivity (Wildman–Crippen MR) is 84.3 cm³/mol. The van der Waals surface area contributed by atoms with Crippen molar-refractivity contribution < 1.29 is 19.1 Å². The Morgan fingerprint density at radius 2 is 2.14 bits per heavy atom. The van der Waals surface area contributed by atoms with Gasteiger partial charge in [-0.1, -0.05) is 6.92 Å². The van der Waals surface area contributed by atoms with E-state index in [2.05, 4.69) is 5.32 Å². The Labute approximate surface area is 130 Å². The molecule has 6 nitrogen and oxygen atoms in total. The van der Waals surface area contributed by atoms with Gasteiger partial charge in [0.05, 0.1) is 25.1 Å². The molecular formula is C16H22N2O4. The lowest BCUT2D eigenvalue weighted by atomic mass is 10.0. The number of nitrogens with zero attached hydrogens (tertiary/aromatic N) is 1. The molecule has 0 fully saturated rings. The number of ether oxygens (including phenoxy) is 2. The zero-order valence-electron chi connectivity index (χ0n) is 13.4. The Balaban J connectivity index is 2.45. The molecule has 1 N–H and O–H groups in total. The van der Waals surface area contributed by atoms with Crippen LogP contribution in [0.1, 0.15) is 27.2 Å². The van der Waals surface area contributed by atoms with Gasteiger partial charge in [-0.3, -0.25) is 9.69 Å². The molecule has 22 heavy (non-hydrogen) atoms. The summed E-state index contributed by atoms with van der Waals surface area (Å²) in [7, 11) is 1.59. The molecule has 0 aromatic heterocycles. The third kappa shape index (κ3) is 2.86. The van der Waals surface area contributed by atoms with Crippen molar-refractivity contribution in [3.05, 3.63) is 18.2 Å². The van der Waals surface area contributed by atoms with Crippen molar-refractivity contribution in [2.45, 2.75) is 39.3 Å². The molecule has 1 aromatic rings. The number of hydrogen-bond acceptors (Lipinski definition) is 5. The number of carbonyl (C=O) groups excluding carboxylic acids is 2. The summed E-state index contributed by atoms with van der Waals surface area (Å²) in [5.74, 6) is 0.170. The highest BCUT2D eigenvalue weighted by Gasteiger charge is 2.37. The van der Waals surface area contributed by atoms with Gasteiger partial charge in [-0.15, -0.1) is 0 Å². The first-order valence-corrected chi connectivity index (χ1v) is 7.47. The van der Waals surface area contributed by atoms with Gasteiger partial charge in [-0.25, -0.2) is 4.79 Å². The lowest BCUT2D eigenvalue weighted by Gasteiger charge is -2.37. The maximum atomic E-state index is 12.6. The average Bonchev–Trinajstić information content (AvgIpc) is 2.51. The second-order valence-electron chi connectivity index (χ2n) is 5.13. The highest BCUT2D eigenvalue weighted by atomic mass is 16.5. The minimum atomic E-state index is -0.621. The summed E-state index contributed by atoms with van der Waals surface area (Å²) < 4.78 is 10.3. The second-order valence-corrected chi connectivity index (χ2v) is 5.13. The number of hydrogen-bond donors (Lipinski definition) is 1. The van der Waals surface area contributed by atoms with Gasteiger partial charge in [0, 0.05) is 6.07 Å². The van der Waals surface area contributed by atoms with Gasteiger partial charge >= 0.3 is 5.97 Å². The van der Waals surface area contributed by atoms with E-state index in [0.717, 1.165) is 5.69 Å². The number of carbonyl (C=O) groups is 2. The molecule has 2 rings (SSSR count). The van der Waals surface area contributed by atoms with E-state index in [-0.39, 0.29) is 11.9 Å². The minimum Gasteiger partial charge on any atom is -0.497 e. The molecule has 6 heteroatoms. The fraction of sp³-hybridized carbons (Fsp3) is 0.500. The third-order valence-electron chi connectivity index (χ3n) is 3.70. The number of benzene rings is 1. The van der Waals surface area contributed by atoms with Gasteiger partial charge in [0.2, 0.25) is 5.91 Å². The summed E-state index contributed by atoms with van der Waals surface area (Å²) in [4.78, 5) is 26.3. The lowest BCUT2D eigenvalue weighted by molar-refractivity contribution is -0.146. The highest BCUT2D eigenvalue weighted by Crippen LogP contribution is 2.36. The summed E-state index contributed by atoms with van der Waals surface area (Å²) in [6.45, 7) is 5.69. The van der Waals surface area contributed by atoms with E-state index in [1.54, 1.807) is 33.1 Å². The first-order chi connectivity index (χ1) is 10.5. The van der Waals surface area contributed by atoms with Crippen LogP contribution in [0.15, 0.2) is 18.2 Å². The van der Waals surface area contributed by atoms with Crippen molar-refractivity contribution in [3.63, 3.8) is 0 Å². The molecule has 0 spiro atoms. The molecule has 2 unspecified atom stereocenters. The fourth-order valence-electron chi connectivity index (χ4n) is 2.60. The standard InChI is InChI=1S/C16H22N2O4/c1-5-13(16(20)22-6-2)18-14-8-7-11(21-4)9-12(14)17-10(3)15(18)19/h7-10,13,17H,5-6H2,1-4H3. The van der Waals surface area contributed by atoms with E-state index in [1.807, 2.05) is 13.0 Å². The van der Waals surface area contributed by atoms with Crippen LogP contribution in [0.4, 0.5) is 11.4 Å². The third-order valence-corrected chi connectivity index (χ3v) is 3.70. The SMILES string of the molecule is CCOC(=O)C(CC)N1C(=O)C(C)Nc2cc(OC)ccc21. The van der Waals surface area contributed by atoms with E-state index < -0.39 is 12.1 Å². The average molecular weight is 306 g/mol. The van der Waals surface area contributed by atoms with Crippen LogP contribution in [0.25, 0.3) is 0 Å². The first-order valence-electron chi connectivity index (χ1n) is 7.47. The van der Waals surface area contributed by atoms with Crippen LogP contribution in [0.3, 0.4) is 0 Å². The number of fused-ring (bicyclic) bond motifs is 1. The zero-order chi connectivity index (χ0) is 16.3. The summed E-state index contributed by atoms with van der Waals surface area (Å²) in [5.41, 5.74) is 1.44. The molecule has 1 aliphatic heterocycles. The lowest BCUT2D eigenvalue weighted by Crippen LogP contribution is -2.53. The van der Waals surface area contributed by atoms with Crippen molar-refractivity contribution >= 4 is 23.3 Å². The van der Waals surface area contributed by atoms with E-state index in [0.29, 0.717) is 24.5 Å². The van der Waals surface area contributed by atoms with Gasteiger partial charge in [0.25, 0.3) is 0 Å². The molecule has 0 saturated carbocycles. The first kappa shape index (κ1) is 16.1. The number of amides is 1. The Morgan fingerprint density at radius 3 is 2.73 bits per heavy atom. The van der Waals surface area contributed by atoms with Crippen molar-refractivity contribution in [1.82, 2.24) is 0 Å². The molecular weight excluding hydrogens is 284 g/mol. The second kappa shape index (κ2) is 6.68. The zero-order valence-corrected chi connectivity index (χ0v) is 13.4. The number of esters is 1. The van der Waals surface area contributed by atoms with E-state index in [9.17, 15) is 9.59 Å². The largest absolute Gasteiger partial charge is 0.497 e. The topological polar surface area (TPSA) is 67.9 Å². The maximum Gasteiger partial charge on any atom is 0.329 e. The van der Waals surface area contributed by atoms with Crippen LogP contribution < -0.4 is 15.0 Å². The molecule has 1 amide bonds. The summed E-state index contributed by atoms with van der Waals surface area (Å²) in [6.07, 6.45) is 0.489. The molecule has 2 atom stereocenters.